The molecule has 1 spiro atoms. The molecule has 0 saturated carbocycles. The second kappa shape index (κ2) is 10.4. The smallest absolute Gasteiger partial charge is 0.241 e. The summed E-state index contributed by atoms with van der Waals surface area (Å²) in [6.45, 7) is 37.4. The van der Waals surface area contributed by atoms with Crippen molar-refractivity contribution in [1.82, 2.24) is 9.80 Å². The highest BCUT2D eigenvalue weighted by Gasteiger charge is 2.83. The van der Waals surface area contributed by atoms with Crippen LogP contribution in [0.3, 0.4) is 0 Å². The summed E-state index contributed by atoms with van der Waals surface area (Å²) in [5, 5.41) is 0. The van der Waals surface area contributed by atoms with Crippen LogP contribution in [0, 0.1) is 0 Å². The molecule has 33 heavy (non-hydrogen) atoms. The molecule has 3 unspecified atom stereocenters. The van der Waals surface area contributed by atoms with Gasteiger partial charge < -0.3 is 0 Å². The van der Waals surface area contributed by atoms with E-state index in [1.807, 2.05) is 0 Å². The highest BCUT2D eigenvalue weighted by atomic mass is 15.9. The molecule has 2 saturated heterocycles. The maximum absolute atomic E-state index is 3.15. The molecule has 0 N–H and O–H groups in total. The SMILES string of the molecule is CCCC1C[N+](CC)(CC)C2(N(C(C)(C)CC)CC(CCC)[N+]2(CC)CC)N1C(C)(C)CC. The van der Waals surface area contributed by atoms with Crippen LogP contribution in [0.5, 0.6) is 0 Å². The van der Waals surface area contributed by atoms with Crippen molar-refractivity contribution < 1.29 is 8.97 Å². The first-order valence-electron chi connectivity index (χ1n) is 14.8. The quantitative estimate of drug-likeness (QED) is 0.297. The average molecular weight is 467 g/mol. The summed E-state index contributed by atoms with van der Waals surface area (Å²) in [6.07, 6.45) is 7.62. The molecule has 196 valence electrons. The average Bonchev–Trinajstić information content (AvgIpc) is 3.26. The molecule has 2 aliphatic rings. The minimum Gasteiger partial charge on any atom is -0.241 e. The van der Waals surface area contributed by atoms with Crippen LogP contribution in [0.15, 0.2) is 0 Å². The molecule has 0 aliphatic carbocycles. The first-order chi connectivity index (χ1) is 15.4. The highest BCUT2D eigenvalue weighted by molar-refractivity contribution is 5.04. The van der Waals surface area contributed by atoms with Gasteiger partial charge in [-0.1, -0.05) is 40.5 Å². The van der Waals surface area contributed by atoms with E-state index >= 15 is 0 Å². The van der Waals surface area contributed by atoms with Crippen molar-refractivity contribution in [2.24, 2.45) is 0 Å². The van der Waals surface area contributed by atoms with E-state index < -0.39 is 0 Å². The highest BCUT2D eigenvalue weighted by Crippen LogP contribution is 2.58. The molecule has 3 atom stereocenters. The molecular weight excluding hydrogens is 404 g/mol. The Labute approximate surface area is 208 Å². The molecule has 4 heteroatoms. The summed E-state index contributed by atoms with van der Waals surface area (Å²) in [6, 6.07) is 1.36. The molecule has 0 aromatic carbocycles. The lowest BCUT2D eigenvalue weighted by molar-refractivity contribution is -1.18. The number of nitrogens with zero attached hydrogens (tertiary/aromatic N) is 4. The molecule has 0 radical (unpaired) electrons. The molecule has 0 amide bonds. The molecule has 2 fully saturated rings. The van der Waals surface area contributed by atoms with Crippen LogP contribution in [0.4, 0.5) is 0 Å². The zero-order valence-electron chi connectivity index (χ0n) is 24.9. The van der Waals surface area contributed by atoms with E-state index in [-0.39, 0.29) is 17.0 Å². The first kappa shape index (κ1) is 29.1. The zero-order chi connectivity index (χ0) is 25.3. The van der Waals surface area contributed by atoms with E-state index in [4.69, 9.17) is 0 Å². The first-order valence-corrected chi connectivity index (χ1v) is 14.8. The van der Waals surface area contributed by atoms with Crippen LogP contribution >= 0.6 is 0 Å². The fourth-order valence-corrected chi connectivity index (χ4v) is 8.29. The summed E-state index contributed by atoms with van der Waals surface area (Å²) in [7, 11) is 0. The Balaban J connectivity index is 3.08. The lowest BCUT2D eigenvalue weighted by atomic mass is 9.93. The zero-order valence-corrected chi connectivity index (χ0v) is 24.9. The maximum Gasteiger partial charge on any atom is 0.358 e. The topological polar surface area (TPSA) is 6.48 Å². The van der Waals surface area contributed by atoms with Crippen molar-refractivity contribution in [3.8, 4) is 0 Å². The molecular formula is C29H62N4+2. The van der Waals surface area contributed by atoms with Crippen molar-refractivity contribution in [3.63, 3.8) is 0 Å². The van der Waals surface area contributed by atoms with E-state index in [1.165, 1.54) is 86.8 Å². The normalized spacial score (nSPS) is 30.5. The van der Waals surface area contributed by atoms with Gasteiger partial charge in [0.15, 0.2) is 0 Å². The lowest BCUT2D eigenvalue weighted by Crippen LogP contribution is -2.87. The van der Waals surface area contributed by atoms with Gasteiger partial charge in [-0.2, -0.15) is 9.80 Å². The van der Waals surface area contributed by atoms with E-state index in [0.29, 0.717) is 12.1 Å². The van der Waals surface area contributed by atoms with Gasteiger partial charge >= 0.3 is 5.91 Å². The lowest BCUT2D eigenvalue weighted by Gasteiger charge is -2.63. The molecule has 0 bridgehead atoms. The Kier molecular flexibility index (Phi) is 9.20. The Morgan fingerprint density at radius 1 is 0.727 bits per heavy atom. The molecule has 2 rings (SSSR count). The van der Waals surface area contributed by atoms with Crippen LogP contribution in [0.2, 0.25) is 0 Å². The van der Waals surface area contributed by atoms with Crippen LogP contribution in [-0.4, -0.2) is 87.1 Å². The van der Waals surface area contributed by atoms with Crippen LogP contribution in [0.1, 0.15) is 122 Å². The van der Waals surface area contributed by atoms with Gasteiger partial charge in [-0.15, -0.1) is 0 Å². The molecule has 0 aromatic heterocycles. The summed E-state index contributed by atoms with van der Waals surface area (Å²) in [4.78, 5) is 6.24. The minimum absolute atomic E-state index is 0.00565. The summed E-state index contributed by atoms with van der Waals surface area (Å²) >= 11 is 0. The molecule has 0 aromatic rings. The number of hydrogen-bond donors (Lipinski definition) is 0. The minimum atomic E-state index is 0.00565. The monoisotopic (exact) mass is 466 g/mol. The van der Waals surface area contributed by atoms with Crippen molar-refractivity contribution in [1.29, 1.82) is 0 Å². The predicted octanol–water partition coefficient (Wildman–Crippen LogP) is 6.66. The predicted molar refractivity (Wildman–Crippen MR) is 145 cm³/mol. The second-order valence-corrected chi connectivity index (χ2v) is 12.4. The van der Waals surface area contributed by atoms with Gasteiger partial charge in [0.05, 0.1) is 38.8 Å². The Hall–Kier alpha value is -0.160. The third-order valence-corrected chi connectivity index (χ3v) is 10.6. The van der Waals surface area contributed by atoms with Crippen LogP contribution < -0.4 is 0 Å². The molecule has 2 heterocycles. The van der Waals surface area contributed by atoms with Gasteiger partial charge in [0.1, 0.15) is 12.6 Å². The van der Waals surface area contributed by atoms with Crippen LogP contribution in [0.25, 0.3) is 0 Å². The van der Waals surface area contributed by atoms with E-state index in [1.54, 1.807) is 0 Å². The van der Waals surface area contributed by atoms with Crippen molar-refractivity contribution >= 4 is 0 Å². The van der Waals surface area contributed by atoms with E-state index in [2.05, 4.69) is 92.9 Å². The third-order valence-electron chi connectivity index (χ3n) is 10.6. The Morgan fingerprint density at radius 3 is 1.64 bits per heavy atom. The van der Waals surface area contributed by atoms with Crippen molar-refractivity contribution in [2.45, 2.75) is 151 Å². The van der Waals surface area contributed by atoms with Gasteiger partial charge in [-0.3, -0.25) is 0 Å². The number of likely N-dealkylation sites (N-methyl/N-ethyl adjacent to an activating group) is 2. The second-order valence-electron chi connectivity index (χ2n) is 12.4. The van der Waals surface area contributed by atoms with Gasteiger partial charge in [0.25, 0.3) is 0 Å². The molecule has 2 aliphatic heterocycles. The van der Waals surface area contributed by atoms with Gasteiger partial charge in [-0.25, -0.2) is 8.97 Å². The summed E-state index contributed by atoms with van der Waals surface area (Å²) in [5.74, 6) is 0.00565. The Morgan fingerprint density at radius 2 is 1.24 bits per heavy atom. The standard InChI is InChI=1S/C29H62N4/c1-13-21-25-24-32(17-5,18-6)29(31(25)28(11,12)16-4)30(27(9,10)15-3)23-26(22-14-2)33(29,19-7)20-8/h25-26H,13-24H2,1-12H3/q+2. The number of rotatable bonds is 12. The largest absolute Gasteiger partial charge is 0.358 e. The van der Waals surface area contributed by atoms with E-state index in [0.717, 1.165) is 0 Å². The maximum atomic E-state index is 3.15. The fraction of sp³-hybridized carbons (Fsp3) is 1.00. The van der Waals surface area contributed by atoms with E-state index in [9.17, 15) is 0 Å². The third kappa shape index (κ3) is 3.94. The summed E-state index contributed by atoms with van der Waals surface area (Å²) < 4.78 is 2.47. The fourth-order valence-electron chi connectivity index (χ4n) is 8.29. The number of quaternary nitrogens is 2. The van der Waals surface area contributed by atoms with Crippen molar-refractivity contribution in [2.75, 3.05) is 39.3 Å². The van der Waals surface area contributed by atoms with Gasteiger partial charge in [-0.05, 0) is 74.7 Å². The Bertz CT molecular complexity index is 619. The van der Waals surface area contributed by atoms with Gasteiger partial charge in [0.2, 0.25) is 0 Å². The number of hydrogen-bond acceptors (Lipinski definition) is 2. The molecule has 4 nitrogen and oxygen atoms in total. The van der Waals surface area contributed by atoms with Gasteiger partial charge in [0, 0.05) is 17.5 Å². The van der Waals surface area contributed by atoms with Crippen LogP contribution in [-0.2, 0) is 0 Å². The van der Waals surface area contributed by atoms with Crippen molar-refractivity contribution in [3.05, 3.63) is 0 Å². The summed E-state index contributed by atoms with van der Waals surface area (Å²) in [5.41, 5.74) is 0.342.